The van der Waals surface area contributed by atoms with Crippen LogP contribution in [-0.4, -0.2) is 38.0 Å². The zero-order valence-corrected chi connectivity index (χ0v) is 16.4. The molecule has 0 aromatic heterocycles. The Morgan fingerprint density at radius 2 is 1.90 bits per heavy atom. The summed E-state index contributed by atoms with van der Waals surface area (Å²) in [5, 5.41) is 2.25. The molecule has 1 aliphatic rings. The average molecular weight is 436 g/mol. The molecular weight excluding hydrogens is 417 g/mol. The van der Waals surface area contributed by atoms with Crippen LogP contribution in [0.15, 0.2) is 48.5 Å². The predicted molar refractivity (Wildman–Crippen MR) is 104 cm³/mol. The second-order valence-electron chi connectivity index (χ2n) is 6.84. The second-order valence-corrected chi connectivity index (χ2v) is 6.84. The molecule has 1 saturated heterocycles. The molecule has 1 heterocycles. The molecule has 0 saturated carbocycles. The summed E-state index contributed by atoms with van der Waals surface area (Å²) in [4.78, 5) is 37.9. The first kappa shape index (κ1) is 22.1. The van der Waals surface area contributed by atoms with Gasteiger partial charge in [0.2, 0.25) is 5.91 Å². The summed E-state index contributed by atoms with van der Waals surface area (Å²) < 4.78 is 48.3. The van der Waals surface area contributed by atoms with E-state index < -0.39 is 36.1 Å². The van der Waals surface area contributed by atoms with E-state index in [0.29, 0.717) is 11.4 Å². The van der Waals surface area contributed by atoms with Crippen LogP contribution in [0.3, 0.4) is 0 Å². The van der Waals surface area contributed by atoms with Crippen LogP contribution in [0.5, 0.6) is 5.75 Å². The van der Waals surface area contributed by atoms with Crippen molar-refractivity contribution in [2.75, 3.05) is 30.5 Å². The molecule has 164 valence electrons. The van der Waals surface area contributed by atoms with E-state index >= 15 is 0 Å². The van der Waals surface area contributed by atoms with Crippen LogP contribution in [0.4, 0.5) is 24.5 Å². The molecule has 2 aromatic rings. The number of alkyl halides is 3. The van der Waals surface area contributed by atoms with Gasteiger partial charge in [0, 0.05) is 30.4 Å². The number of rotatable bonds is 6. The summed E-state index contributed by atoms with van der Waals surface area (Å²) in [6, 6.07) is 10.9. The zero-order chi connectivity index (χ0) is 22.6. The van der Waals surface area contributed by atoms with Crippen LogP contribution < -0.4 is 15.0 Å². The minimum absolute atomic E-state index is 0.0730. The zero-order valence-electron chi connectivity index (χ0n) is 16.4. The minimum Gasteiger partial charge on any atom is -0.497 e. The summed E-state index contributed by atoms with van der Waals surface area (Å²) in [5.74, 6) is -2.01. The van der Waals surface area contributed by atoms with Crippen LogP contribution in [-0.2, 0) is 25.3 Å². The molecule has 0 spiro atoms. The van der Waals surface area contributed by atoms with Crippen LogP contribution in [0, 0.1) is 5.92 Å². The third-order valence-electron chi connectivity index (χ3n) is 4.64. The van der Waals surface area contributed by atoms with Crippen molar-refractivity contribution < 1.29 is 37.0 Å². The highest BCUT2D eigenvalue weighted by molar-refractivity contribution is 6.00. The first-order valence-corrected chi connectivity index (χ1v) is 9.25. The Morgan fingerprint density at radius 3 is 2.61 bits per heavy atom. The van der Waals surface area contributed by atoms with Gasteiger partial charge in [0.05, 0.1) is 18.6 Å². The normalized spacial score (nSPS) is 16.2. The number of anilines is 2. The molecule has 7 nitrogen and oxygen atoms in total. The maximum atomic E-state index is 12.7. The minimum atomic E-state index is -4.54. The fraction of sp³-hybridized carbons (Fsp3) is 0.286. The summed E-state index contributed by atoms with van der Waals surface area (Å²) >= 11 is 0. The number of hydrogen-bond acceptors (Lipinski definition) is 5. The molecule has 1 fully saturated rings. The van der Waals surface area contributed by atoms with E-state index in [9.17, 15) is 27.6 Å². The summed E-state index contributed by atoms with van der Waals surface area (Å²) in [5.41, 5.74) is -0.414. The number of hydrogen-bond donors (Lipinski definition) is 1. The third-order valence-corrected chi connectivity index (χ3v) is 4.64. The van der Waals surface area contributed by atoms with Gasteiger partial charge in [0.15, 0.2) is 6.61 Å². The Labute approximate surface area is 175 Å². The maximum Gasteiger partial charge on any atom is 0.416 e. The third kappa shape index (κ3) is 5.53. The molecule has 10 heteroatoms. The molecule has 1 atom stereocenters. The molecule has 2 amide bonds. The lowest BCUT2D eigenvalue weighted by molar-refractivity contribution is -0.151. The van der Waals surface area contributed by atoms with E-state index in [0.717, 1.165) is 18.2 Å². The average Bonchev–Trinajstić information content (AvgIpc) is 3.13. The Bertz CT molecular complexity index is 993. The van der Waals surface area contributed by atoms with Gasteiger partial charge in [-0.05, 0) is 30.3 Å². The number of methoxy groups -OCH3 is 1. The van der Waals surface area contributed by atoms with Crippen molar-refractivity contribution in [3.05, 3.63) is 54.1 Å². The van der Waals surface area contributed by atoms with Crippen molar-refractivity contribution in [2.45, 2.75) is 12.6 Å². The lowest BCUT2D eigenvalue weighted by Gasteiger charge is -2.17. The monoisotopic (exact) mass is 436 g/mol. The van der Waals surface area contributed by atoms with Crippen LogP contribution >= 0.6 is 0 Å². The van der Waals surface area contributed by atoms with Crippen LogP contribution in [0.2, 0.25) is 0 Å². The number of halogens is 3. The van der Waals surface area contributed by atoms with Gasteiger partial charge in [-0.2, -0.15) is 13.2 Å². The molecule has 0 bridgehead atoms. The Kier molecular flexibility index (Phi) is 6.47. The maximum absolute atomic E-state index is 12.7. The number of amides is 2. The molecule has 3 rings (SSSR count). The smallest absolute Gasteiger partial charge is 0.416 e. The molecule has 1 aliphatic heterocycles. The van der Waals surface area contributed by atoms with Crippen LogP contribution in [0.1, 0.15) is 12.0 Å². The topological polar surface area (TPSA) is 84.9 Å². The second kappa shape index (κ2) is 9.07. The van der Waals surface area contributed by atoms with Gasteiger partial charge >= 0.3 is 12.1 Å². The first-order chi connectivity index (χ1) is 14.7. The number of esters is 1. The summed E-state index contributed by atoms with van der Waals surface area (Å²) in [6.07, 6.45) is -4.62. The van der Waals surface area contributed by atoms with E-state index in [-0.39, 0.29) is 24.6 Å². The van der Waals surface area contributed by atoms with E-state index in [4.69, 9.17) is 9.47 Å². The van der Waals surface area contributed by atoms with Crippen molar-refractivity contribution in [1.82, 2.24) is 0 Å². The molecular formula is C21H19F3N2O5. The largest absolute Gasteiger partial charge is 0.497 e. The van der Waals surface area contributed by atoms with E-state index in [1.807, 2.05) is 0 Å². The van der Waals surface area contributed by atoms with Gasteiger partial charge in [-0.1, -0.05) is 12.1 Å². The van der Waals surface area contributed by atoms with Gasteiger partial charge in [0.1, 0.15) is 5.75 Å². The van der Waals surface area contributed by atoms with Crippen molar-refractivity contribution in [1.29, 1.82) is 0 Å². The van der Waals surface area contributed by atoms with E-state index in [2.05, 4.69) is 5.32 Å². The van der Waals surface area contributed by atoms with Gasteiger partial charge in [0.25, 0.3) is 5.91 Å². The van der Waals surface area contributed by atoms with Crippen molar-refractivity contribution in [3.63, 3.8) is 0 Å². The Balaban J connectivity index is 1.54. The Morgan fingerprint density at radius 1 is 1.16 bits per heavy atom. The number of nitrogens with zero attached hydrogens (tertiary/aromatic N) is 1. The lowest BCUT2D eigenvalue weighted by atomic mass is 10.1. The fourth-order valence-electron chi connectivity index (χ4n) is 3.12. The standard InChI is InChI=1S/C21H19F3N2O5/c1-30-17-7-3-6-16(10-17)26-11-13(8-19(26)28)20(29)31-12-18(27)25-15-5-2-4-14(9-15)21(22,23)24/h2-7,9-10,13H,8,11-12H2,1H3,(H,25,27)/t13-/m0/s1. The molecule has 31 heavy (non-hydrogen) atoms. The highest BCUT2D eigenvalue weighted by Gasteiger charge is 2.36. The molecule has 0 radical (unpaired) electrons. The van der Waals surface area contributed by atoms with Gasteiger partial charge in [-0.25, -0.2) is 0 Å². The summed E-state index contributed by atoms with van der Waals surface area (Å²) in [6.45, 7) is -0.598. The number of nitrogens with one attached hydrogen (secondary N) is 1. The molecule has 0 aliphatic carbocycles. The SMILES string of the molecule is COc1cccc(N2C[C@@H](C(=O)OCC(=O)Nc3cccc(C(F)(F)F)c3)CC2=O)c1. The predicted octanol–water partition coefficient (Wildman–Crippen LogP) is 3.25. The molecule has 0 unspecified atom stereocenters. The van der Waals surface area contributed by atoms with Gasteiger partial charge in [-0.3, -0.25) is 14.4 Å². The summed E-state index contributed by atoms with van der Waals surface area (Å²) in [7, 11) is 1.50. The highest BCUT2D eigenvalue weighted by atomic mass is 19.4. The number of benzene rings is 2. The van der Waals surface area contributed by atoms with Gasteiger partial charge < -0.3 is 19.7 Å². The Hall–Kier alpha value is -3.56. The highest BCUT2D eigenvalue weighted by Crippen LogP contribution is 2.31. The van der Waals surface area contributed by atoms with E-state index in [1.54, 1.807) is 24.3 Å². The number of ether oxygens (including phenoxy) is 2. The quantitative estimate of drug-likeness (QED) is 0.703. The van der Waals surface area contributed by atoms with Crippen molar-refractivity contribution in [2.24, 2.45) is 5.92 Å². The van der Waals surface area contributed by atoms with Crippen molar-refractivity contribution in [3.8, 4) is 5.75 Å². The first-order valence-electron chi connectivity index (χ1n) is 9.25. The van der Waals surface area contributed by atoms with Gasteiger partial charge in [-0.15, -0.1) is 0 Å². The fourth-order valence-corrected chi connectivity index (χ4v) is 3.12. The molecule has 2 aromatic carbocycles. The molecule has 1 N–H and O–H groups in total. The number of carbonyl (C=O) groups is 3. The van der Waals surface area contributed by atoms with Crippen LogP contribution in [0.25, 0.3) is 0 Å². The lowest BCUT2D eigenvalue weighted by Crippen LogP contribution is -2.28. The number of carbonyl (C=O) groups excluding carboxylic acids is 3. The van der Waals surface area contributed by atoms with E-state index in [1.165, 1.54) is 18.1 Å². The van der Waals surface area contributed by atoms with Crippen molar-refractivity contribution >= 4 is 29.2 Å².